The van der Waals surface area contributed by atoms with Crippen LogP contribution in [0.4, 0.5) is 8.78 Å². The second-order valence-corrected chi connectivity index (χ2v) is 3.69. The molecule has 4 heteroatoms. The monoisotopic (exact) mass is 192 g/mol. The van der Waals surface area contributed by atoms with E-state index >= 15 is 0 Å². The molecule has 13 heavy (non-hydrogen) atoms. The molecule has 0 spiro atoms. The van der Waals surface area contributed by atoms with Crippen LogP contribution in [0.1, 0.15) is 12.8 Å². The van der Waals surface area contributed by atoms with E-state index in [9.17, 15) is 8.78 Å². The van der Waals surface area contributed by atoms with Gasteiger partial charge in [-0.05, 0) is 45.4 Å². The van der Waals surface area contributed by atoms with Gasteiger partial charge in [0.1, 0.15) is 0 Å². The minimum atomic E-state index is -2.18. The molecule has 0 atom stereocenters. The van der Waals surface area contributed by atoms with E-state index < -0.39 is 6.43 Å². The number of rotatable bonds is 4. The van der Waals surface area contributed by atoms with E-state index in [0.717, 1.165) is 32.5 Å². The molecular weight excluding hydrogens is 174 g/mol. The summed E-state index contributed by atoms with van der Waals surface area (Å²) in [6, 6.07) is 0. The first kappa shape index (κ1) is 10.9. The van der Waals surface area contributed by atoms with Crippen LogP contribution >= 0.6 is 0 Å². The molecule has 0 radical (unpaired) electrons. The summed E-state index contributed by atoms with van der Waals surface area (Å²) in [5, 5.41) is 3.13. The Bertz CT molecular complexity index is 134. The first-order chi connectivity index (χ1) is 6.22. The lowest BCUT2D eigenvalue weighted by atomic mass is 9.97. The van der Waals surface area contributed by atoms with Gasteiger partial charge < -0.3 is 5.32 Å². The van der Waals surface area contributed by atoms with Gasteiger partial charge >= 0.3 is 0 Å². The van der Waals surface area contributed by atoms with Gasteiger partial charge in [-0.15, -0.1) is 0 Å². The van der Waals surface area contributed by atoms with E-state index in [0.29, 0.717) is 5.92 Å². The third-order valence-corrected chi connectivity index (χ3v) is 2.60. The quantitative estimate of drug-likeness (QED) is 0.719. The molecule has 1 saturated heterocycles. The highest BCUT2D eigenvalue weighted by molar-refractivity contribution is 4.73. The van der Waals surface area contributed by atoms with E-state index in [-0.39, 0.29) is 6.54 Å². The van der Waals surface area contributed by atoms with E-state index in [4.69, 9.17) is 0 Å². The average molecular weight is 192 g/mol. The summed E-state index contributed by atoms with van der Waals surface area (Å²) >= 11 is 0. The van der Waals surface area contributed by atoms with E-state index in [1.54, 1.807) is 0 Å². The molecule has 1 N–H and O–H groups in total. The minimum absolute atomic E-state index is 0.0493. The summed E-state index contributed by atoms with van der Waals surface area (Å²) in [4.78, 5) is 1.86. The van der Waals surface area contributed by atoms with Crippen LogP contribution in [-0.2, 0) is 0 Å². The van der Waals surface area contributed by atoms with E-state index in [2.05, 4.69) is 5.32 Å². The molecule has 2 nitrogen and oxygen atoms in total. The minimum Gasteiger partial charge on any atom is -0.319 e. The van der Waals surface area contributed by atoms with Crippen molar-refractivity contribution in [3.63, 3.8) is 0 Å². The first-order valence-electron chi connectivity index (χ1n) is 4.87. The summed E-state index contributed by atoms with van der Waals surface area (Å²) in [6.45, 7) is 2.63. The zero-order valence-corrected chi connectivity index (χ0v) is 8.10. The predicted octanol–water partition coefficient (Wildman–Crippen LogP) is 1.18. The lowest BCUT2D eigenvalue weighted by molar-refractivity contribution is 0.0692. The van der Waals surface area contributed by atoms with Crippen LogP contribution in [0.25, 0.3) is 0 Å². The van der Waals surface area contributed by atoms with Crippen molar-refractivity contribution < 1.29 is 8.78 Å². The molecule has 0 aromatic carbocycles. The Morgan fingerprint density at radius 1 is 1.38 bits per heavy atom. The van der Waals surface area contributed by atoms with Crippen molar-refractivity contribution in [1.82, 2.24) is 10.2 Å². The number of nitrogens with one attached hydrogen (secondary N) is 1. The van der Waals surface area contributed by atoms with Crippen molar-refractivity contribution in [2.45, 2.75) is 19.3 Å². The first-order valence-corrected chi connectivity index (χ1v) is 4.87. The summed E-state index contributed by atoms with van der Waals surface area (Å²) in [5.74, 6) is 0.680. The summed E-state index contributed by atoms with van der Waals surface area (Å²) in [5.41, 5.74) is 0. The molecule has 0 amide bonds. The van der Waals surface area contributed by atoms with Crippen LogP contribution in [0, 0.1) is 5.92 Å². The molecule has 1 rings (SSSR count). The van der Waals surface area contributed by atoms with Crippen molar-refractivity contribution >= 4 is 0 Å². The van der Waals surface area contributed by atoms with Gasteiger partial charge in [0.2, 0.25) is 0 Å². The van der Waals surface area contributed by atoms with Gasteiger partial charge in [-0.3, -0.25) is 4.90 Å². The number of hydrogen-bond acceptors (Lipinski definition) is 2. The molecule has 0 saturated carbocycles. The molecule has 1 fully saturated rings. The highest BCUT2D eigenvalue weighted by Gasteiger charge is 2.20. The maximum absolute atomic E-state index is 12.0. The third-order valence-electron chi connectivity index (χ3n) is 2.60. The van der Waals surface area contributed by atoms with Gasteiger partial charge in [-0.1, -0.05) is 0 Å². The fraction of sp³-hybridized carbons (Fsp3) is 1.00. The second-order valence-electron chi connectivity index (χ2n) is 3.69. The smallest absolute Gasteiger partial charge is 0.251 e. The lowest BCUT2D eigenvalue weighted by Gasteiger charge is -2.31. The Hall–Kier alpha value is -0.220. The Kier molecular flexibility index (Phi) is 4.59. The standard InChI is InChI=1S/C9H18F2N2/c1-12-6-8-2-4-13(5-3-8)7-9(10)11/h8-9,12H,2-7H2,1H3. The van der Waals surface area contributed by atoms with Gasteiger partial charge in [0.05, 0.1) is 6.54 Å². The van der Waals surface area contributed by atoms with Crippen LogP contribution < -0.4 is 5.32 Å². The van der Waals surface area contributed by atoms with Gasteiger partial charge in [-0.25, -0.2) is 8.78 Å². The largest absolute Gasteiger partial charge is 0.319 e. The van der Waals surface area contributed by atoms with Crippen LogP contribution in [0.2, 0.25) is 0 Å². The molecule has 0 aromatic heterocycles. The molecule has 1 aliphatic rings. The van der Waals surface area contributed by atoms with Gasteiger partial charge in [-0.2, -0.15) is 0 Å². The third kappa shape index (κ3) is 4.00. The van der Waals surface area contributed by atoms with Crippen LogP contribution in [0.3, 0.4) is 0 Å². The summed E-state index contributed by atoms with van der Waals surface area (Å²) in [7, 11) is 1.94. The van der Waals surface area contributed by atoms with Crippen molar-refractivity contribution in [2.75, 3.05) is 33.2 Å². The van der Waals surface area contributed by atoms with Crippen LogP contribution in [0.15, 0.2) is 0 Å². The van der Waals surface area contributed by atoms with E-state index in [1.807, 2.05) is 11.9 Å². The number of alkyl halides is 2. The fourth-order valence-electron chi connectivity index (χ4n) is 1.86. The molecule has 1 heterocycles. The van der Waals surface area contributed by atoms with Gasteiger partial charge in [0, 0.05) is 0 Å². The van der Waals surface area contributed by atoms with Crippen molar-refractivity contribution in [2.24, 2.45) is 5.92 Å². The number of likely N-dealkylation sites (tertiary alicyclic amines) is 1. The Balaban J connectivity index is 2.15. The zero-order valence-electron chi connectivity index (χ0n) is 8.10. The summed E-state index contributed by atoms with van der Waals surface area (Å²) in [6.07, 6.45) is -0.0814. The fourth-order valence-corrected chi connectivity index (χ4v) is 1.86. The molecular formula is C9H18F2N2. The molecule has 1 aliphatic heterocycles. The van der Waals surface area contributed by atoms with Gasteiger partial charge in [0.15, 0.2) is 0 Å². The van der Waals surface area contributed by atoms with Crippen LogP contribution in [0.5, 0.6) is 0 Å². The molecule has 0 aromatic rings. The molecule has 0 unspecified atom stereocenters. The van der Waals surface area contributed by atoms with Crippen LogP contribution in [-0.4, -0.2) is 44.6 Å². The van der Waals surface area contributed by atoms with E-state index in [1.165, 1.54) is 0 Å². The number of hydrogen-bond donors (Lipinski definition) is 1. The Morgan fingerprint density at radius 3 is 2.46 bits per heavy atom. The SMILES string of the molecule is CNCC1CCN(CC(F)F)CC1. The van der Waals surface area contributed by atoms with Crippen molar-refractivity contribution in [1.29, 1.82) is 0 Å². The lowest BCUT2D eigenvalue weighted by Crippen LogP contribution is -2.39. The summed E-state index contributed by atoms with van der Waals surface area (Å²) < 4.78 is 24.0. The molecule has 78 valence electrons. The maximum atomic E-state index is 12.0. The number of piperidine rings is 1. The topological polar surface area (TPSA) is 15.3 Å². The zero-order chi connectivity index (χ0) is 9.68. The van der Waals surface area contributed by atoms with Crippen molar-refractivity contribution in [3.05, 3.63) is 0 Å². The predicted molar refractivity (Wildman–Crippen MR) is 49.1 cm³/mol. The molecule has 0 aliphatic carbocycles. The average Bonchev–Trinajstić information content (AvgIpc) is 2.08. The Labute approximate surface area is 78.3 Å². The highest BCUT2D eigenvalue weighted by Crippen LogP contribution is 2.16. The maximum Gasteiger partial charge on any atom is 0.251 e. The second kappa shape index (κ2) is 5.50. The number of nitrogens with zero attached hydrogens (tertiary/aromatic N) is 1. The Morgan fingerprint density at radius 2 is 2.00 bits per heavy atom. The highest BCUT2D eigenvalue weighted by atomic mass is 19.3. The van der Waals surface area contributed by atoms with Crippen molar-refractivity contribution in [3.8, 4) is 0 Å². The van der Waals surface area contributed by atoms with Gasteiger partial charge in [0.25, 0.3) is 6.43 Å². The number of halogens is 2. The normalized spacial score (nSPS) is 21.2. The molecule has 0 bridgehead atoms.